The molecular weight excluding hydrogens is 251 g/mol. The molecule has 0 aromatic heterocycles. The van der Waals surface area contributed by atoms with E-state index in [1.54, 1.807) is 0 Å². The number of halogens is 1. The lowest BCUT2D eigenvalue weighted by Gasteiger charge is -2.44. The Morgan fingerprint density at radius 3 is 2.35 bits per heavy atom. The summed E-state index contributed by atoms with van der Waals surface area (Å²) in [6.07, 6.45) is 3.56. The minimum Gasteiger partial charge on any atom is -0.329 e. The van der Waals surface area contributed by atoms with Crippen molar-refractivity contribution in [2.24, 2.45) is 11.7 Å². The third-order valence-electron chi connectivity index (χ3n) is 4.41. The molecule has 1 saturated carbocycles. The van der Waals surface area contributed by atoms with E-state index < -0.39 is 0 Å². The van der Waals surface area contributed by atoms with Crippen LogP contribution in [0.1, 0.15) is 39.2 Å². The van der Waals surface area contributed by atoms with Gasteiger partial charge in [-0.1, -0.05) is 12.1 Å². The van der Waals surface area contributed by atoms with Crippen molar-refractivity contribution in [1.29, 1.82) is 0 Å². The van der Waals surface area contributed by atoms with Crippen LogP contribution in [-0.4, -0.2) is 29.6 Å². The first-order valence-corrected chi connectivity index (χ1v) is 7.66. The molecule has 1 atom stereocenters. The maximum absolute atomic E-state index is 13.0. The molecule has 1 aliphatic carbocycles. The molecule has 3 heteroatoms. The highest BCUT2D eigenvalue weighted by Gasteiger charge is 2.36. The molecule has 20 heavy (non-hydrogen) atoms. The Hall–Kier alpha value is -0.930. The second-order valence-corrected chi connectivity index (χ2v) is 6.69. The average Bonchev–Trinajstić information content (AvgIpc) is 3.22. The van der Waals surface area contributed by atoms with Crippen molar-refractivity contribution in [3.05, 3.63) is 35.6 Å². The van der Waals surface area contributed by atoms with Gasteiger partial charge in [0.1, 0.15) is 5.82 Å². The van der Waals surface area contributed by atoms with Crippen molar-refractivity contribution < 1.29 is 4.39 Å². The zero-order valence-electron chi connectivity index (χ0n) is 12.9. The first-order valence-electron chi connectivity index (χ1n) is 7.66. The molecular formula is C17H27FN2. The van der Waals surface area contributed by atoms with Crippen LogP contribution in [0.5, 0.6) is 0 Å². The molecule has 0 saturated heterocycles. The molecule has 0 radical (unpaired) electrons. The van der Waals surface area contributed by atoms with E-state index in [1.165, 1.54) is 25.0 Å². The van der Waals surface area contributed by atoms with Gasteiger partial charge in [-0.25, -0.2) is 4.39 Å². The Kier molecular flexibility index (Phi) is 4.82. The number of hydrogen-bond acceptors (Lipinski definition) is 2. The summed E-state index contributed by atoms with van der Waals surface area (Å²) in [5.74, 6) is 0.665. The van der Waals surface area contributed by atoms with Crippen molar-refractivity contribution >= 4 is 0 Å². The Labute approximate surface area is 122 Å². The lowest BCUT2D eigenvalue weighted by molar-refractivity contribution is 0.0703. The van der Waals surface area contributed by atoms with Crippen LogP contribution in [0.2, 0.25) is 0 Å². The smallest absolute Gasteiger partial charge is 0.123 e. The van der Waals surface area contributed by atoms with Gasteiger partial charge in [0.25, 0.3) is 0 Å². The Balaban J connectivity index is 2.14. The largest absolute Gasteiger partial charge is 0.329 e. The first-order chi connectivity index (χ1) is 9.44. The van der Waals surface area contributed by atoms with Crippen LogP contribution in [0.25, 0.3) is 0 Å². The van der Waals surface area contributed by atoms with E-state index >= 15 is 0 Å². The number of hydrogen-bond donors (Lipinski definition) is 1. The average molecular weight is 278 g/mol. The lowest BCUT2D eigenvalue weighted by atomic mass is 9.89. The SMILES string of the molecule is CC(C)N(CC1CC1)C(C)(CN)Cc1ccc(F)cc1. The molecule has 0 amide bonds. The summed E-state index contributed by atoms with van der Waals surface area (Å²) in [4.78, 5) is 2.54. The molecule has 1 unspecified atom stereocenters. The summed E-state index contributed by atoms with van der Waals surface area (Å²) in [6.45, 7) is 8.46. The maximum Gasteiger partial charge on any atom is 0.123 e. The summed E-state index contributed by atoms with van der Waals surface area (Å²) < 4.78 is 13.0. The van der Waals surface area contributed by atoms with Gasteiger partial charge in [-0.2, -0.15) is 0 Å². The molecule has 1 aromatic rings. The van der Waals surface area contributed by atoms with E-state index in [1.807, 2.05) is 12.1 Å². The highest BCUT2D eigenvalue weighted by molar-refractivity contribution is 5.19. The zero-order valence-corrected chi connectivity index (χ0v) is 12.9. The number of rotatable bonds is 7. The van der Waals surface area contributed by atoms with E-state index in [2.05, 4.69) is 25.7 Å². The Bertz CT molecular complexity index is 425. The topological polar surface area (TPSA) is 29.3 Å². The van der Waals surface area contributed by atoms with Gasteiger partial charge in [0, 0.05) is 24.7 Å². The van der Waals surface area contributed by atoms with Crippen LogP contribution in [0.15, 0.2) is 24.3 Å². The lowest BCUT2D eigenvalue weighted by Crippen LogP contribution is -2.56. The van der Waals surface area contributed by atoms with E-state index in [0.29, 0.717) is 12.6 Å². The Morgan fingerprint density at radius 1 is 1.30 bits per heavy atom. The second-order valence-electron chi connectivity index (χ2n) is 6.69. The fourth-order valence-electron chi connectivity index (χ4n) is 2.97. The third kappa shape index (κ3) is 3.80. The van der Waals surface area contributed by atoms with Gasteiger partial charge >= 0.3 is 0 Å². The van der Waals surface area contributed by atoms with E-state index in [9.17, 15) is 4.39 Å². The monoisotopic (exact) mass is 278 g/mol. The molecule has 1 fully saturated rings. The molecule has 0 spiro atoms. The van der Waals surface area contributed by atoms with Gasteiger partial charge in [-0.15, -0.1) is 0 Å². The van der Waals surface area contributed by atoms with E-state index in [4.69, 9.17) is 5.73 Å². The van der Waals surface area contributed by atoms with Gasteiger partial charge in [-0.3, -0.25) is 4.90 Å². The molecule has 0 heterocycles. The van der Waals surface area contributed by atoms with Crippen LogP contribution < -0.4 is 5.73 Å². The zero-order chi connectivity index (χ0) is 14.8. The summed E-state index contributed by atoms with van der Waals surface area (Å²) in [5, 5.41) is 0. The van der Waals surface area contributed by atoms with E-state index in [0.717, 1.165) is 24.4 Å². The van der Waals surface area contributed by atoms with Gasteiger partial charge < -0.3 is 5.73 Å². The summed E-state index contributed by atoms with van der Waals surface area (Å²) in [6, 6.07) is 7.29. The molecule has 2 rings (SSSR count). The summed E-state index contributed by atoms with van der Waals surface area (Å²) in [7, 11) is 0. The molecule has 1 aromatic carbocycles. The minimum atomic E-state index is -0.179. The predicted octanol–water partition coefficient (Wildman–Crippen LogP) is 3.21. The number of nitrogens with two attached hydrogens (primary N) is 1. The van der Waals surface area contributed by atoms with Crippen LogP contribution in [0.4, 0.5) is 4.39 Å². The molecule has 112 valence electrons. The third-order valence-corrected chi connectivity index (χ3v) is 4.41. The van der Waals surface area contributed by atoms with Crippen LogP contribution in [0.3, 0.4) is 0 Å². The Morgan fingerprint density at radius 2 is 1.90 bits per heavy atom. The number of nitrogens with zero attached hydrogens (tertiary/aromatic N) is 1. The van der Waals surface area contributed by atoms with Crippen molar-refractivity contribution in [3.8, 4) is 0 Å². The first kappa shape index (κ1) is 15.5. The number of benzene rings is 1. The van der Waals surface area contributed by atoms with Gasteiger partial charge in [0.05, 0.1) is 0 Å². The molecule has 2 nitrogen and oxygen atoms in total. The van der Waals surface area contributed by atoms with Crippen molar-refractivity contribution in [2.45, 2.75) is 51.6 Å². The molecule has 0 aliphatic heterocycles. The normalized spacial score (nSPS) is 18.6. The highest BCUT2D eigenvalue weighted by atomic mass is 19.1. The standard InChI is InChI=1S/C17H27FN2/c1-13(2)20(11-15-4-5-15)17(3,12-19)10-14-6-8-16(18)9-7-14/h6-9,13,15H,4-5,10-12,19H2,1-3H3. The summed E-state index contributed by atoms with van der Waals surface area (Å²) >= 11 is 0. The van der Waals surface area contributed by atoms with Crippen LogP contribution in [0, 0.1) is 11.7 Å². The van der Waals surface area contributed by atoms with Gasteiger partial charge in [0.15, 0.2) is 0 Å². The van der Waals surface area contributed by atoms with Crippen molar-refractivity contribution in [1.82, 2.24) is 4.90 Å². The fourth-order valence-corrected chi connectivity index (χ4v) is 2.97. The predicted molar refractivity (Wildman–Crippen MR) is 82.1 cm³/mol. The van der Waals surface area contributed by atoms with Crippen LogP contribution >= 0.6 is 0 Å². The van der Waals surface area contributed by atoms with Crippen molar-refractivity contribution in [2.75, 3.05) is 13.1 Å². The van der Waals surface area contributed by atoms with Crippen molar-refractivity contribution in [3.63, 3.8) is 0 Å². The second kappa shape index (κ2) is 6.23. The summed E-state index contributed by atoms with van der Waals surface area (Å²) in [5.41, 5.74) is 7.20. The fraction of sp³-hybridized carbons (Fsp3) is 0.647. The molecule has 2 N–H and O–H groups in total. The van der Waals surface area contributed by atoms with Crippen LogP contribution in [-0.2, 0) is 6.42 Å². The van der Waals surface area contributed by atoms with Gasteiger partial charge in [-0.05, 0) is 63.6 Å². The maximum atomic E-state index is 13.0. The van der Waals surface area contributed by atoms with Gasteiger partial charge in [0.2, 0.25) is 0 Å². The molecule has 0 bridgehead atoms. The minimum absolute atomic E-state index is 0.0609. The quantitative estimate of drug-likeness (QED) is 0.830. The van der Waals surface area contributed by atoms with E-state index in [-0.39, 0.29) is 11.4 Å². The molecule has 1 aliphatic rings. The highest BCUT2D eigenvalue weighted by Crippen LogP contribution is 2.33.